The van der Waals surface area contributed by atoms with E-state index < -0.39 is 28.8 Å². The summed E-state index contributed by atoms with van der Waals surface area (Å²) in [4.78, 5) is 12.1. The predicted molar refractivity (Wildman–Crippen MR) is 73.6 cm³/mol. The van der Waals surface area contributed by atoms with Crippen LogP contribution in [0.3, 0.4) is 0 Å². The Morgan fingerprint density at radius 1 is 1.00 bits per heavy atom. The average molecular weight is 364 g/mol. The zero-order chi connectivity index (χ0) is 15.0. The summed E-state index contributed by atoms with van der Waals surface area (Å²) in [5.41, 5.74) is -0.678. The van der Waals surface area contributed by atoms with Gasteiger partial charge in [-0.1, -0.05) is 11.6 Å². The van der Waals surface area contributed by atoms with Gasteiger partial charge in [0.2, 0.25) is 0 Å². The first-order valence-corrected chi connectivity index (χ1v) is 6.63. The van der Waals surface area contributed by atoms with Crippen LogP contribution in [0, 0.1) is 24.4 Å². The topological polar surface area (TPSA) is 17.1 Å². The van der Waals surface area contributed by atoms with Crippen molar-refractivity contribution in [3.8, 4) is 0 Å². The first-order chi connectivity index (χ1) is 9.31. The number of hydrogen-bond acceptors (Lipinski definition) is 1. The van der Waals surface area contributed by atoms with Gasteiger partial charge in [-0.15, -0.1) is 0 Å². The van der Waals surface area contributed by atoms with Crippen molar-refractivity contribution in [1.29, 1.82) is 0 Å². The van der Waals surface area contributed by atoms with Gasteiger partial charge < -0.3 is 0 Å². The molecule has 20 heavy (non-hydrogen) atoms. The number of rotatable bonds is 2. The minimum absolute atomic E-state index is 0.0957. The molecule has 104 valence electrons. The summed E-state index contributed by atoms with van der Waals surface area (Å²) in [5.74, 6) is -3.55. The van der Waals surface area contributed by atoms with E-state index in [0.29, 0.717) is 6.07 Å². The van der Waals surface area contributed by atoms with Crippen LogP contribution in [0.5, 0.6) is 0 Å². The van der Waals surface area contributed by atoms with Gasteiger partial charge in [0.1, 0.15) is 17.5 Å². The van der Waals surface area contributed by atoms with Gasteiger partial charge in [-0.2, -0.15) is 0 Å². The van der Waals surface area contributed by atoms with E-state index in [4.69, 9.17) is 11.6 Å². The Morgan fingerprint density at radius 2 is 1.55 bits per heavy atom. The molecule has 0 aliphatic rings. The summed E-state index contributed by atoms with van der Waals surface area (Å²) in [6, 6.07) is 3.76. The number of benzene rings is 2. The van der Waals surface area contributed by atoms with Crippen LogP contribution in [0.4, 0.5) is 13.2 Å². The maximum absolute atomic E-state index is 13.8. The van der Waals surface area contributed by atoms with E-state index in [-0.39, 0.29) is 20.6 Å². The second-order valence-electron chi connectivity index (χ2n) is 4.16. The Bertz CT molecular complexity index is 657. The van der Waals surface area contributed by atoms with Gasteiger partial charge in [-0.25, -0.2) is 13.2 Å². The Labute approximate surface area is 126 Å². The van der Waals surface area contributed by atoms with Crippen molar-refractivity contribution in [3.63, 3.8) is 0 Å². The molecule has 0 fully saturated rings. The van der Waals surface area contributed by atoms with Crippen LogP contribution in [0.25, 0.3) is 0 Å². The molecule has 0 saturated carbocycles. The summed E-state index contributed by atoms with van der Waals surface area (Å²) in [5, 5.41) is 0.119. The standard InChI is InChI=1S/C14H7BrClF3O/c1-6-2-7(13(19)5-11(6)17)14(20)8-3-10(16)9(15)4-12(8)18/h2-5H,1H3. The lowest BCUT2D eigenvalue weighted by Crippen LogP contribution is -2.08. The third-order valence-corrected chi connectivity index (χ3v) is 3.94. The Hall–Kier alpha value is -1.33. The van der Waals surface area contributed by atoms with Gasteiger partial charge in [0, 0.05) is 10.5 Å². The van der Waals surface area contributed by atoms with Crippen molar-refractivity contribution >= 4 is 33.3 Å². The quantitative estimate of drug-likeness (QED) is 0.538. The van der Waals surface area contributed by atoms with Crippen LogP contribution in [0.2, 0.25) is 5.02 Å². The molecule has 0 bridgehead atoms. The van der Waals surface area contributed by atoms with Crippen molar-refractivity contribution in [3.05, 3.63) is 67.9 Å². The second kappa shape index (κ2) is 5.58. The van der Waals surface area contributed by atoms with Gasteiger partial charge in [-0.05, 0) is 46.6 Å². The lowest BCUT2D eigenvalue weighted by Gasteiger charge is -2.07. The van der Waals surface area contributed by atoms with Crippen molar-refractivity contribution in [2.24, 2.45) is 0 Å². The fourth-order valence-corrected chi connectivity index (χ4v) is 2.15. The van der Waals surface area contributed by atoms with Crippen molar-refractivity contribution in [2.45, 2.75) is 6.92 Å². The summed E-state index contributed by atoms with van der Waals surface area (Å²) in [6.07, 6.45) is 0. The molecule has 2 rings (SSSR count). The maximum atomic E-state index is 13.8. The lowest BCUT2D eigenvalue weighted by molar-refractivity contribution is 0.103. The molecule has 0 radical (unpaired) electrons. The minimum Gasteiger partial charge on any atom is -0.288 e. The molecule has 0 heterocycles. The molecule has 0 aliphatic heterocycles. The smallest absolute Gasteiger partial charge is 0.198 e. The molecule has 0 saturated heterocycles. The lowest BCUT2D eigenvalue weighted by atomic mass is 10.0. The Kier molecular flexibility index (Phi) is 4.20. The third-order valence-electron chi connectivity index (χ3n) is 2.75. The zero-order valence-corrected chi connectivity index (χ0v) is 12.4. The molecular weight excluding hydrogens is 357 g/mol. The van der Waals surface area contributed by atoms with E-state index in [1.54, 1.807) is 0 Å². The summed E-state index contributed by atoms with van der Waals surface area (Å²) < 4.78 is 40.9. The van der Waals surface area contributed by atoms with Gasteiger partial charge >= 0.3 is 0 Å². The zero-order valence-electron chi connectivity index (χ0n) is 10.1. The van der Waals surface area contributed by atoms with Crippen molar-refractivity contribution in [2.75, 3.05) is 0 Å². The van der Waals surface area contributed by atoms with Crippen molar-refractivity contribution in [1.82, 2.24) is 0 Å². The fraction of sp³-hybridized carbons (Fsp3) is 0.0714. The van der Waals surface area contributed by atoms with E-state index in [9.17, 15) is 18.0 Å². The largest absolute Gasteiger partial charge is 0.288 e. The van der Waals surface area contributed by atoms with Crippen LogP contribution in [0.1, 0.15) is 21.5 Å². The van der Waals surface area contributed by atoms with Crippen LogP contribution in [-0.4, -0.2) is 5.78 Å². The SMILES string of the molecule is Cc1cc(C(=O)c2cc(Cl)c(Br)cc2F)c(F)cc1F. The second-order valence-corrected chi connectivity index (χ2v) is 5.42. The fourth-order valence-electron chi connectivity index (χ4n) is 1.67. The molecule has 0 atom stereocenters. The third kappa shape index (κ3) is 2.74. The molecule has 1 nitrogen and oxygen atoms in total. The van der Waals surface area contributed by atoms with Crippen molar-refractivity contribution < 1.29 is 18.0 Å². The molecule has 0 aromatic heterocycles. The highest BCUT2D eigenvalue weighted by molar-refractivity contribution is 9.10. The Morgan fingerprint density at radius 3 is 2.20 bits per heavy atom. The predicted octanol–water partition coefficient (Wildman–Crippen LogP) is 5.06. The molecule has 2 aromatic carbocycles. The number of ketones is 1. The minimum atomic E-state index is -1.04. The average Bonchev–Trinajstić information content (AvgIpc) is 2.37. The van der Waals surface area contributed by atoms with Crippen LogP contribution in [-0.2, 0) is 0 Å². The summed E-state index contributed by atoms with van der Waals surface area (Å²) >= 11 is 8.81. The number of hydrogen-bond donors (Lipinski definition) is 0. The number of carbonyl (C=O) groups excluding carboxylic acids is 1. The maximum Gasteiger partial charge on any atom is 0.198 e. The van der Waals surface area contributed by atoms with E-state index in [1.165, 1.54) is 6.92 Å². The van der Waals surface area contributed by atoms with Crippen LogP contribution in [0.15, 0.2) is 28.7 Å². The molecule has 0 N–H and O–H groups in total. The normalized spacial score (nSPS) is 10.7. The van der Waals surface area contributed by atoms with E-state index in [2.05, 4.69) is 15.9 Å². The van der Waals surface area contributed by atoms with Crippen LogP contribution < -0.4 is 0 Å². The Balaban J connectivity index is 2.57. The summed E-state index contributed by atoms with van der Waals surface area (Å²) in [7, 11) is 0. The molecule has 0 unspecified atom stereocenters. The summed E-state index contributed by atoms with van der Waals surface area (Å²) in [6.45, 7) is 1.39. The molecular formula is C14H7BrClF3O. The monoisotopic (exact) mass is 362 g/mol. The highest BCUT2D eigenvalue weighted by Gasteiger charge is 2.20. The first kappa shape index (κ1) is 15.1. The molecule has 0 spiro atoms. The first-order valence-electron chi connectivity index (χ1n) is 5.46. The number of aryl methyl sites for hydroxylation is 1. The van der Waals surface area contributed by atoms with Gasteiger partial charge in [0.15, 0.2) is 5.78 Å². The number of carbonyl (C=O) groups is 1. The van der Waals surface area contributed by atoms with Gasteiger partial charge in [0.05, 0.1) is 16.1 Å². The van der Waals surface area contributed by atoms with Crippen LogP contribution >= 0.6 is 27.5 Å². The van der Waals surface area contributed by atoms with Gasteiger partial charge in [-0.3, -0.25) is 4.79 Å². The van der Waals surface area contributed by atoms with E-state index in [1.807, 2.05) is 0 Å². The molecule has 2 aromatic rings. The van der Waals surface area contributed by atoms with Gasteiger partial charge in [0.25, 0.3) is 0 Å². The van der Waals surface area contributed by atoms with E-state index in [0.717, 1.165) is 18.2 Å². The molecule has 0 aliphatic carbocycles. The highest BCUT2D eigenvalue weighted by Crippen LogP contribution is 2.28. The molecule has 0 amide bonds. The molecule has 6 heteroatoms. The number of halogens is 5. The van der Waals surface area contributed by atoms with E-state index >= 15 is 0 Å². The highest BCUT2D eigenvalue weighted by atomic mass is 79.9.